The van der Waals surface area contributed by atoms with E-state index >= 15 is 0 Å². The van der Waals surface area contributed by atoms with Crippen LogP contribution < -0.4 is 0 Å². The Kier molecular flexibility index (Phi) is 42.8. The maximum atomic E-state index is 12.0. The van der Waals surface area contributed by atoms with Gasteiger partial charge in [0.05, 0.1) is 0 Å². The zero-order valence-corrected chi connectivity index (χ0v) is 34.4. The lowest BCUT2D eigenvalue weighted by atomic mass is 10.0. The molecule has 1 amide bonds. The van der Waals surface area contributed by atoms with Crippen LogP contribution in [0.3, 0.4) is 0 Å². The summed E-state index contributed by atoms with van der Waals surface area (Å²) in [5.41, 5.74) is 0. The van der Waals surface area contributed by atoms with E-state index in [1.54, 1.807) is 0 Å². The minimum atomic E-state index is -0.0226. The predicted octanol–water partition coefficient (Wildman–Crippen LogP) is 17.0. The second-order valence-corrected chi connectivity index (χ2v) is 16.1. The fourth-order valence-corrected chi connectivity index (χ4v) is 7.62. The highest BCUT2D eigenvalue weighted by Gasteiger charge is 2.08. The molecule has 0 saturated heterocycles. The van der Waals surface area contributed by atoms with Crippen molar-refractivity contribution in [2.24, 2.45) is 0 Å². The number of hydrogen-bond acceptors (Lipinski definition) is 1. The van der Waals surface area contributed by atoms with E-state index in [1.165, 1.54) is 244 Å². The van der Waals surface area contributed by atoms with Crippen LogP contribution in [0.2, 0.25) is 0 Å². The molecule has 0 aromatic carbocycles. The van der Waals surface area contributed by atoms with E-state index in [9.17, 15) is 4.79 Å². The van der Waals surface area contributed by atoms with E-state index in [0.717, 1.165) is 25.9 Å². The molecule has 0 aliphatic heterocycles. The molecule has 288 valence electrons. The van der Waals surface area contributed by atoms with Crippen LogP contribution in [-0.4, -0.2) is 23.2 Å². The van der Waals surface area contributed by atoms with Crippen molar-refractivity contribution in [3.05, 3.63) is 0 Å². The van der Waals surface area contributed by atoms with Crippen LogP contribution in [0.15, 0.2) is 0 Å². The highest BCUT2D eigenvalue weighted by Crippen LogP contribution is 2.17. The first-order valence-corrected chi connectivity index (χ1v) is 23.1. The molecule has 0 spiro atoms. The summed E-state index contributed by atoms with van der Waals surface area (Å²) in [6, 6.07) is 0. The third kappa shape index (κ3) is 40.3. The van der Waals surface area contributed by atoms with Gasteiger partial charge in [-0.25, -0.2) is 0 Å². The molecule has 0 aromatic rings. The molecule has 2 nitrogen and oxygen atoms in total. The van der Waals surface area contributed by atoms with Crippen molar-refractivity contribution in [1.29, 1.82) is 0 Å². The average molecular weight is 694 g/mol. The lowest BCUT2D eigenvalue weighted by molar-refractivity contribution is 0.220. The maximum absolute atomic E-state index is 12.0. The lowest BCUT2D eigenvalue weighted by Crippen LogP contribution is -2.28. The maximum Gasteiger partial charge on any atom is 0.278 e. The summed E-state index contributed by atoms with van der Waals surface area (Å²) in [4.78, 5) is 14.0. The minimum absolute atomic E-state index is 0.0226. The van der Waals surface area contributed by atoms with Gasteiger partial charge in [0.2, 0.25) is 0 Å². The number of nitrogens with zero attached hydrogens (tertiary/aromatic N) is 1. The van der Waals surface area contributed by atoms with Gasteiger partial charge in [0.25, 0.3) is 5.24 Å². The summed E-state index contributed by atoms with van der Waals surface area (Å²) >= 11 is 4.17. The zero-order chi connectivity index (χ0) is 34.9. The van der Waals surface area contributed by atoms with Gasteiger partial charge in [0, 0.05) is 13.1 Å². The van der Waals surface area contributed by atoms with Gasteiger partial charge in [-0.15, -0.1) is 0 Å². The van der Waals surface area contributed by atoms with E-state index in [2.05, 4.69) is 26.5 Å². The highest BCUT2D eigenvalue weighted by molar-refractivity contribution is 7.96. The molecule has 0 bridgehead atoms. The number of carbonyl (C=O) groups is 1. The summed E-state index contributed by atoms with van der Waals surface area (Å²) < 4.78 is 0. The second kappa shape index (κ2) is 43.0. The molecule has 0 atom stereocenters. The zero-order valence-electron chi connectivity index (χ0n) is 33.5. The van der Waals surface area contributed by atoms with Crippen LogP contribution in [0.4, 0.5) is 4.79 Å². The smallest absolute Gasteiger partial charge is 0.278 e. The number of unbranched alkanes of at least 4 members (excludes halogenated alkanes) is 38. The van der Waals surface area contributed by atoms with Crippen molar-refractivity contribution >= 4 is 17.9 Å². The van der Waals surface area contributed by atoms with Gasteiger partial charge >= 0.3 is 0 Å². The third-order valence-corrected chi connectivity index (χ3v) is 11.1. The first-order valence-electron chi connectivity index (χ1n) is 22.7. The van der Waals surface area contributed by atoms with Crippen molar-refractivity contribution in [2.75, 3.05) is 13.1 Å². The van der Waals surface area contributed by atoms with E-state index in [1.807, 2.05) is 4.90 Å². The molecule has 0 unspecified atom stereocenters. The fraction of sp³-hybridized carbons (Fsp3) is 0.978. The number of hydrogen-bond donors (Lipinski definition) is 1. The topological polar surface area (TPSA) is 20.3 Å². The Bertz CT molecular complexity index is 552. The normalized spacial score (nSPS) is 11.5. The Hall–Kier alpha value is -0.180. The molecule has 0 heterocycles. The fourth-order valence-electron chi connectivity index (χ4n) is 7.42. The lowest BCUT2D eigenvalue weighted by Gasteiger charge is -2.20. The highest BCUT2D eigenvalue weighted by atomic mass is 32.1. The number of thiol groups is 1. The minimum Gasteiger partial charge on any atom is -0.334 e. The molecule has 48 heavy (non-hydrogen) atoms. The summed E-state index contributed by atoms with van der Waals surface area (Å²) in [6.45, 7) is 6.41. The second-order valence-electron chi connectivity index (χ2n) is 15.7. The molecule has 3 heteroatoms. The SMILES string of the molecule is CCCCCCCCCCCCCCCCCCCCCCN(CCCCCCCCCCCCCCCCCCCCCC)C(=O)S. The molecule has 0 saturated carbocycles. The summed E-state index contributed by atoms with van der Waals surface area (Å²) in [6.07, 6.45) is 56.3. The van der Waals surface area contributed by atoms with E-state index in [-0.39, 0.29) is 5.24 Å². The van der Waals surface area contributed by atoms with Gasteiger partial charge in [-0.2, -0.15) is 0 Å². The summed E-state index contributed by atoms with van der Waals surface area (Å²) in [7, 11) is 0. The van der Waals surface area contributed by atoms with Crippen molar-refractivity contribution in [3.63, 3.8) is 0 Å². The first-order chi connectivity index (χ1) is 23.7. The largest absolute Gasteiger partial charge is 0.334 e. The van der Waals surface area contributed by atoms with Crippen LogP contribution >= 0.6 is 12.6 Å². The summed E-state index contributed by atoms with van der Waals surface area (Å²) in [5, 5.41) is -0.0226. The van der Waals surface area contributed by atoms with Crippen LogP contribution in [0.5, 0.6) is 0 Å². The van der Waals surface area contributed by atoms with Crippen molar-refractivity contribution in [2.45, 2.75) is 271 Å². The van der Waals surface area contributed by atoms with Gasteiger partial charge in [0.15, 0.2) is 0 Å². The Morgan fingerprint density at radius 2 is 0.438 bits per heavy atom. The molecule has 0 aromatic heterocycles. The summed E-state index contributed by atoms with van der Waals surface area (Å²) in [5.74, 6) is 0. The molecular weight excluding hydrogens is 603 g/mol. The van der Waals surface area contributed by atoms with Crippen molar-refractivity contribution in [1.82, 2.24) is 4.90 Å². The van der Waals surface area contributed by atoms with Crippen LogP contribution in [0, 0.1) is 0 Å². The van der Waals surface area contributed by atoms with Gasteiger partial charge in [0.1, 0.15) is 0 Å². The standard InChI is InChI=1S/C45H91NOS/c1-3-5-7-9-11-13-15-17-19-21-23-25-27-29-31-33-35-37-39-41-43-46(45(47)48)44-42-40-38-36-34-32-30-28-26-24-22-20-18-16-14-12-10-8-6-4-2/h3-44H2,1-2H3,(H,47,48). The number of carbonyl (C=O) groups excluding carboxylic acids is 1. The van der Waals surface area contributed by atoms with Crippen molar-refractivity contribution < 1.29 is 4.79 Å². The molecule has 0 radical (unpaired) electrons. The van der Waals surface area contributed by atoms with E-state index < -0.39 is 0 Å². The van der Waals surface area contributed by atoms with Gasteiger partial charge in [-0.05, 0) is 12.8 Å². The van der Waals surface area contributed by atoms with Gasteiger partial charge < -0.3 is 4.90 Å². The Morgan fingerprint density at radius 1 is 0.292 bits per heavy atom. The first kappa shape index (κ1) is 47.8. The molecular formula is C45H91NOS. The molecule has 0 aliphatic carbocycles. The Morgan fingerprint density at radius 3 is 0.583 bits per heavy atom. The van der Waals surface area contributed by atoms with Crippen LogP contribution in [0.1, 0.15) is 271 Å². The quantitative estimate of drug-likeness (QED) is 0.0498. The van der Waals surface area contributed by atoms with Crippen molar-refractivity contribution in [3.8, 4) is 0 Å². The van der Waals surface area contributed by atoms with Gasteiger partial charge in [-0.1, -0.05) is 270 Å². The third-order valence-electron chi connectivity index (χ3n) is 10.8. The Labute approximate surface area is 310 Å². The Balaban J connectivity index is 3.34. The molecule has 0 rings (SSSR count). The number of amides is 1. The molecule has 0 aliphatic rings. The predicted molar refractivity (Wildman–Crippen MR) is 222 cm³/mol. The van der Waals surface area contributed by atoms with Crippen LogP contribution in [-0.2, 0) is 0 Å². The average Bonchev–Trinajstić information content (AvgIpc) is 3.08. The monoisotopic (exact) mass is 694 g/mol. The number of rotatable bonds is 42. The van der Waals surface area contributed by atoms with E-state index in [0.29, 0.717) is 0 Å². The molecule has 0 N–H and O–H groups in total. The van der Waals surface area contributed by atoms with E-state index in [4.69, 9.17) is 0 Å². The molecule has 0 fully saturated rings. The van der Waals surface area contributed by atoms with Gasteiger partial charge in [-0.3, -0.25) is 4.79 Å². The van der Waals surface area contributed by atoms with Crippen LogP contribution in [0.25, 0.3) is 0 Å².